The van der Waals surface area contributed by atoms with Gasteiger partial charge in [0.2, 0.25) is 6.79 Å². The second-order valence-corrected chi connectivity index (χ2v) is 5.37. The molecule has 1 aliphatic heterocycles. The predicted molar refractivity (Wildman–Crippen MR) is 92.9 cm³/mol. The Kier molecular flexibility index (Phi) is 5.02. The smallest absolute Gasteiger partial charge is 0.263 e. The molecule has 0 atom stereocenters. The van der Waals surface area contributed by atoms with Gasteiger partial charge < -0.3 is 20.1 Å². The molecule has 2 aromatic carbocycles. The van der Waals surface area contributed by atoms with Gasteiger partial charge in [-0.15, -0.1) is 0 Å². The molecule has 1 aliphatic rings. The lowest BCUT2D eigenvalue weighted by molar-refractivity contribution is -0.117. The SMILES string of the molecule is N#C/C(=C/Nc1ccc(C#N)cc1)C(=O)NCc1ccc2c(c1)OCO2. The predicted octanol–water partition coefficient (Wildman–Crippen LogP) is 2.42. The van der Waals surface area contributed by atoms with E-state index in [0.29, 0.717) is 22.7 Å². The number of amides is 1. The van der Waals surface area contributed by atoms with Crippen LogP contribution in [0.1, 0.15) is 11.1 Å². The van der Waals surface area contributed by atoms with Gasteiger partial charge in [0, 0.05) is 18.4 Å². The first-order valence-corrected chi connectivity index (χ1v) is 7.73. The molecule has 128 valence electrons. The summed E-state index contributed by atoms with van der Waals surface area (Å²) < 4.78 is 10.5. The van der Waals surface area contributed by atoms with Crippen molar-refractivity contribution in [2.75, 3.05) is 12.1 Å². The van der Waals surface area contributed by atoms with Gasteiger partial charge in [-0.25, -0.2) is 0 Å². The van der Waals surface area contributed by atoms with E-state index in [1.807, 2.05) is 18.2 Å². The maximum absolute atomic E-state index is 12.2. The van der Waals surface area contributed by atoms with Crippen LogP contribution in [0.2, 0.25) is 0 Å². The zero-order chi connectivity index (χ0) is 18.4. The second kappa shape index (κ2) is 7.73. The number of nitriles is 2. The second-order valence-electron chi connectivity index (χ2n) is 5.37. The first kappa shape index (κ1) is 16.9. The largest absolute Gasteiger partial charge is 0.454 e. The molecule has 0 spiro atoms. The van der Waals surface area contributed by atoms with Crippen LogP contribution in [0.25, 0.3) is 0 Å². The minimum absolute atomic E-state index is 0.0601. The molecule has 0 aromatic heterocycles. The molecule has 7 heteroatoms. The minimum Gasteiger partial charge on any atom is -0.454 e. The Morgan fingerprint density at radius 1 is 1.12 bits per heavy atom. The highest BCUT2D eigenvalue weighted by Crippen LogP contribution is 2.32. The zero-order valence-corrected chi connectivity index (χ0v) is 13.7. The van der Waals surface area contributed by atoms with Gasteiger partial charge in [-0.1, -0.05) is 6.07 Å². The van der Waals surface area contributed by atoms with E-state index in [-0.39, 0.29) is 18.9 Å². The Hall–Kier alpha value is -3.97. The lowest BCUT2D eigenvalue weighted by atomic mass is 10.2. The van der Waals surface area contributed by atoms with Crippen LogP contribution < -0.4 is 20.1 Å². The molecule has 0 saturated heterocycles. The quantitative estimate of drug-likeness (QED) is 0.636. The third kappa shape index (κ3) is 3.92. The molecule has 0 aliphatic carbocycles. The first-order valence-electron chi connectivity index (χ1n) is 7.73. The van der Waals surface area contributed by atoms with Crippen LogP contribution in [0.4, 0.5) is 5.69 Å². The topological polar surface area (TPSA) is 107 Å². The van der Waals surface area contributed by atoms with Crippen LogP contribution in [0.15, 0.2) is 54.2 Å². The van der Waals surface area contributed by atoms with Crippen LogP contribution in [-0.4, -0.2) is 12.7 Å². The number of carbonyl (C=O) groups is 1. The van der Waals surface area contributed by atoms with Gasteiger partial charge in [0.1, 0.15) is 11.6 Å². The van der Waals surface area contributed by atoms with E-state index < -0.39 is 5.91 Å². The minimum atomic E-state index is -0.494. The van der Waals surface area contributed by atoms with E-state index in [9.17, 15) is 10.1 Å². The molecule has 2 N–H and O–H groups in total. The van der Waals surface area contributed by atoms with Gasteiger partial charge >= 0.3 is 0 Å². The number of carbonyl (C=O) groups excluding carboxylic acids is 1. The molecule has 0 bridgehead atoms. The number of fused-ring (bicyclic) bond motifs is 1. The number of benzene rings is 2. The highest BCUT2D eigenvalue weighted by molar-refractivity contribution is 5.97. The van der Waals surface area contributed by atoms with Crippen molar-refractivity contribution in [2.24, 2.45) is 0 Å². The van der Waals surface area contributed by atoms with Gasteiger partial charge in [-0.2, -0.15) is 10.5 Å². The van der Waals surface area contributed by atoms with Gasteiger partial charge in [0.25, 0.3) is 5.91 Å². The monoisotopic (exact) mass is 346 g/mol. The van der Waals surface area contributed by atoms with Crippen molar-refractivity contribution in [3.63, 3.8) is 0 Å². The fourth-order valence-corrected chi connectivity index (χ4v) is 2.27. The third-order valence-corrected chi connectivity index (χ3v) is 3.65. The molecule has 26 heavy (non-hydrogen) atoms. The van der Waals surface area contributed by atoms with Gasteiger partial charge in [0.05, 0.1) is 11.6 Å². The molecule has 0 radical (unpaired) electrons. The maximum Gasteiger partial charge on any atom is 0.263 e. The van der Waals surface area contributed by atoms with Gasteiger partial charge in [-0.3, -0.25) is 4.79 Å². The van der Waals surface area contributed by atoms with Crippen LogP contribution in [0.5, 0.6) is 11.5 Å². The number of hydrogen-bond acceptors (Lipinski definition) is 6. The number of anilines is 1. The Bertz CT molecular complexity index is 937. The fourth-order valence-electron chi connectivity index (χ4n) is 2.27. The van der Waals surface area contributed by atoms with E-state index in [0.717, 1.165) is 5.56 Å². The van der Waals surface area contributed by atoms with E-state index in [1.165, 1.54) is 6.20 Å². The van der Waals surface area contributed by atoms with Crippen molar-refractivity contribution in [3.8, 4) is 23.6 Å². The van der Waals surface area contributed by atoms with Crippen molar-refractivity contribution in [2.45, 2.75) is 6.54 Å². The molecule has 0 unspecified atom stereocenters. The van der Waals surface area contributed by atoms with Crippen LogP contribution in [0.3, 0.4) is 0 Å². The molecule has 0 fully saturated rings. The number of hydrogen-bond donors (Lipinski definition) is 2. The highest BCUT2D eigenvalue weighted by atomic mass is 16.7. The van der Waals surface area contributed by atoms with E-state index >= 15 is 0 Å². The molecule has 7 nitrogen and oxygen atoms in total. The number of nitrogens with zero attached hydrogens (tertiary/aromatic N) is 2. The van der Waals surface area contributed by atoms with Crippen molar-refractivity contribution in [3.05, 3.63) is 65.4 Å². The molecular formula is C19H14N4O3. The Morgan fingerprint density at radius 2 is 1.88 bits per heavy atom. The molecule has 1 amide bonds. The fraction of sp³-hybridized carbons (Fsp3) is 0.105. The summed E-state index contributed by atoms with van der Waals surface area (Å²) in [5, 5.41) is 23.5. The summed E-state index contributed by atoms with van der Waals surface area (Å²) >= 11 is 0. The van der Waals surface area contributed by atoms with Crippen molar-refractivity contribution >= 4 is 11.6 Å². The maximum atomic E-state index is 12.2. The van der Waals surface area contributed by atoms with Crippen LogP contribution >= 0.6 is 0 Å². The molecule has 1 heterocycles. The van der Waals surface area contributed by atoms with Crippen molar-refractivity contribution < 1.29 is 14.3 Å². The van der Waals surface area contributed by atoms with E-state index in [4.69, 9.17) is 14.7 Å². The summed E-state index contributed by atoms with van der Waals surface area (Å²) in [6, 6.07) is 15.9. The van der Waals surface area contributed by atoms with Crippen molar-refractivity contribution in [1.29, 1.82) is 10.5 Å². The Morgan fingerprint density at radius 3 is 2.62 bits per heavy atom. The van der Waals surface area contributed by atoms with Crippen LogP contribution in [0, 0.1) is 22.7 Å². The number of ether oxygens (including phenoxy) is 2. The van der Waals surface area contributed by atoms with Gasteiger partial charge in [-0.05, 0) is 42.0 Å². The zero-order valence-electron chi connectivity index (χ0n) is 13.7. The summed E-state index contributed by atoms with van der Waals surface area (Å²) in [4.78, 5) is 12.2. The lowest BCUT2D eigenvalue weighted by Gasteiger charge is -2.06. The molecular weight excluding hydrogens is 332 g/mol. The first-order chi connectivity index (χ1) is 12.7. The third-order valence-electron chi connectivity index (χ3n) is 3.65. The summed E-state index contributed by atoms with van der Waals surface area (Å²) in [5.41, 5.74) is 1.97. The van der Waals surface area contributed by atoms with E-state index in [1.54, 1.807) is 36.4 Å². The molecule has 2 aromatic rings. The average molecular weight is 346 g/mol. The van der Waals surface area contributed by atoms with Crippen molar-refractivity contribution in [1.82, 2.24) is 5.32 Å². The summed E-state index contributed by atoms with van der Waals surface area (Å²) in [6.45, 7) is 0.443. The number of rotatable bonds is 5. The van der Waals surface area contributed by atoms with Crippen LogP contribution in [-0.2, 0) is 11.3 Å². The molecule has 0 saturated carbocycles. The van der Waals surface area contributed by atoms with Gasteiger partial charge in [0.15, 0.2) is 11.5 Å². The lowest BCUT2D eigenvalue weighted by Crippen LogP contribution is -2.24. The normalized spacial score (nSPS) is 12.0. The van der Waals surface area contributed by atoms with E-state index in [2.05, 4.69) is 10.6 Å². The summed E-state index contributed by atoms with van der Waals surface area (Å²) in [5.74, 6) is 0.811. The number of nitrogens with one attached hydrogen (secondary N) is 2. The average Bonchev–Trinajstić information content (AvgIpc) is 3.15. The molecule has 3 rings (SSSR count). The highest BCUT2D eigenvalue weighted by Gasteiger charge is 2.14. The Labute approximate surface area is 150 Å². The summed E-state index contributed by atoms with van der Waals surface area (Å²) in [6.07, 6.45) is 1.33. The Balaban J connectivity index is 1.59. The summed E-state index contributed by atoms with van der Waals surface area (Å²) in [7, 11) is 0. The standard InChI is InChI=1S/C19H14N4O3/c20-8-13-1-4-16(5-2-13)22-11-15(9-21)19(24)23-10-14-3-6-17-18(7-14)26-12-25-17/h1-7,11,22H,10,12H2,(H,23,24)/b15-11-.